The summed E-state index contributed by atoms with van der Waals surface area (Å²) in [6.45, 7) is 4.62. The van der Waals surface area contributed by atoms with Gasteiger partial charge in [-0.2, -0.15) is 0 Å². The zero-order chi connectivity index (χ0) is 17.9. The van der Waals surface area contributed by atoms with Gasteiger partial charge < -0.3 is 14.6 Å². The Morgan fingerprint density at radius 1 is 1.42 bits per heavy atom. The van der Waals surface area contributed by atoms with E-state index in [9.17, 15) is 18.0 Å². The third kappa shape index (κ3) is 4.27. The standard InChI is InChI=1S/C15H25N3O5S/c1-11-12(2)17(15(20)16-11)6-4-14(19)18(7-8-23-3)13-5-9-24(21,22)10-13/h13H,4-10H2,1-3H3,(H,16,20). The molecule has 1 N–H and O–H groups in total. The van der Waals surface area contributed by atoms with E-state index in [1.165, 1.54) is 4.57 Å². The van der Waals surface area contributed by atoms with Gasteiger partial charge in [0, 0.05) is 44.0 Å². The second-order valence-corrected chi connectivity index (χ2v) is 8.41. The van der Waals surface area contributed by atoms with Crippen molar-refractivity contribution in [2.75, 3.05) is 31.8 Å². The van der Waals surface area contributed by atoms with Crippen molar-refractivity contribution in [2.45, 2.75) is 39.3 Å². The third-order valence-electron chi connectivity index (χ3n) is 4.54. The Kier molecular flexibility index (Phi) is 5.87. The molecule has 1 atom stereocenters. The van der Waals surface area contributed by atoms with E-state index < -0.39 is 9.84 Å². The molecule has 0 saturated carbocycles. The minimum absolute atomic E-state index is 0.00466. The fraction of sp³-hybridized carbons (Fsp3) is 0.733. The Balaban J connectivity index is 2.06. The number of aryl methyl sites for hydroxylation is 1. The molecule has 1 aromatic heterocycles. The summed E-state index contributed by atoms with van der Waals surface area (Å²) in [5, 5.41) is 0. The summed E-state index contributed by atoms with van der Waals surface area (Å²) in [5.41, 5.74) is 1.36. The van der Waals surface area contributed by atoms with E-state index in [1.54, 1.807) is 12.0 Å². The van der Waals surface area contributed by atoms with Crippen LogP contribution in [0.15, 0.2) is 4.79 Å². The first-order valence-electron chi connectivity index (χ1n) is 8.00. The maximum Gasteiger partial charge on any atom is 0.325 e. The Hall–Kier alpha value is -1.61. The number of rotatable bonds is 7. The topological polar surface area (TPSA) is 101 Å². The molecule has 1 aromatic rings. The molecule has 1 aliphatic heterocycles. The Labute approximate surface area is 141 Å². The molecule has 1 amide bonds. The van der Waals surface area contributed by atoms with Crippen LogP contribution in [0.5, 0.6) is 0 Å². The van der Waals surface area contributed by atoms with Gasteiger partial charge in [-0.1, -0.05) is 0 Å². The first-order chi connectivity index (χ1) is 11.2. The lowest BCUT2D eigenvalue weighted by molar-refractivity contribution is -0.134. The number of nitrogens with zero attached hydrogens (tertiary/aromatic N) is 2. The Bertz CT molecular complexity index is 750. The summed E-state index contributed by atoms with van der Waals surface area (Å²) in [4.78, 5) is 28.7. The van der Waals surface area contributed by atoms with Gasteiger partial charge >= 0.3 is 5.69 Å². The van der Waals surface area contributed by atoms with Gasteiger partial charge in [-0.3, -0.25) is 9.36 Å². The van der Waals surface area contributed by atoms with Crippen molar-refractivity contribution in [1.82, 2.24) is 14.5 Å². The average Bonchev–Trinajstić information content (AvgIpc) is 2.98. The van der Waals surface area contributed by atoms with E-state index in [0.717, 1.165) is 11.4 Å². The van der Waals surface area contributed by atoms with E-state index >= 15 is 0 Å². The Morgan fingerprint density at radius 3 is 2.62 bits per heavy atom. The van der Waals surface area contributed by atoms with Crippen LogP contribution in [0.2, 0.25) is 0 Å². The molecule has 1 saturated heterocycles. The monoisotopic (exact) mass is 359 g/mol. The van der Waals surface area contributed by atoms with Crippen LogP contribution in [-0.4, -0.2) is 66.6 Å². The van der Waals surface area contributed by atoms with E-state index in [1.807, 2.05) is 13.8 Å². The summed E-state index contributed by atoms with van der Waals surface area (Å²) in [7, 11) is -1.53. The number of imidazole rings is 1. The molecule has 1 aliphatic rings. The van der Waals surface area contributed by atoms with Crippen LogP contribution >= 0.6 is 0 Å². The lowest BCUT2D eigenvalue weighted by Crippen LogP contribution is -2.43. The fourth-order valence-electron chi connectivity index (χ4n) is 3.02. The van der Waals surface area contributed by atoms with Gasteiger partial charge in [-0.05, 0) is 20.3 Å². The number of methoxy groups -OCH3 is 1. The Morgan fingerprint density at radius 2 is 2.12 bits per heavy atom. The molecular weight excluding hydrogens is 334 g/mol. The van der Waals surface area contributed by atoms with Gasteiger partial charge in [-0.15, -0.1) is 0 Å². The molecule has 136 valence electrons. The van der Waals surface area contributed by atoms with Crippen LogP contribution in [0.3, 0.4) is 0 Å². The molecule has 9 heteroatoms. The molecule has 8 nitrogen and oxygen atoms in total. The van der Waals surface area contributed by atoms with Crippen LogP contribution in [0.25, 0.3) is 0 Å². The number of hydrogen-bond donors (Lipinski definition) is 1. The van der Waals surface area contributed by atoms with Crippen LogP contribution in [0.4, 0.5) is 0 Å². The molecule has 2 heterocycles. The van der Waals surface area contributed by atoms with Crippen molar-refractivity contribution in [3.05, 3.63) is 21.9 Å². The zero-order valence-electron chi connectivity index (χ0n) is 14.4. The molecule has 0 bridgehead atoms. The molecule has 0 radical (unpaired) electrons. The second kappa shape index (κ2) is 7.52. The molecule has 1 fully saturated rings. The zero-order valence-corrected chi connectivity index (χ0v) is 15.2. The van der Waals surface area contributed by atoms with Crippen LogP contribution in [0, 0.1) is 13.8 Å². The van der Waals surface area contributed by atoms with Gasteiger partial charge in [0.1, 0.15) is 0 Å². The number of nitrogens with one attached hydrogen (secondary N) is 1. The van der Waals surface area contributed by atoms with E-state index in [-0.39, 0.29) is 42.1 Å². The van der Waals surface area contributed by atoms with Crippen LogP contribution < -0.4 is 5.69 Å². The van der Waals surface area contributed by atoms with Crippen molar-refractivity contribution in [3.63, 3.8) is 0 Å². The molecular formula is C15H25N3O5S. The predicted molar refractivity (Wildman–Crippen MR) is 89.8 cm³/mol. The molecule has 0 aliphatic carbocycles. The van der Waals surface area contributed by atoms with Gasteiger partial charge in [-0.25, -0.2) is 13.2 Å². The molecule has 24 heavy (non-hydrogen) atoms. The fourth-order valence-corrected chi connectivity index (χ4v) is 4.75. The highest BCUT2D eigenvalue weighted by atomic mass is 32.2. The van der Waals surface area contributed by atoms with Gasteiger partial charge in [0.15, 0.2) is 9.84 Å². The summed E-state index contributed by atoms with van der Waals surface area (Å²) in [5.74, 6) is -0.0337. The van der Waals surface area contributed by atoms with Crippen molar-refractivity contribution in [2.24, 2.45) is 0 Å². The highest BCUT2D eigenvalue weighted by Gasteiger charge is 2.34. The quantitative estimate of drug-likeness (QED) is 0.729. The number of carbonyl (C=O) groups excluding carboxylic acids is 1. The van der Waals surface area contributed by atoms with E-state index in [2.05, 4.69) is 4.98 Å². The minimum atomic E-state index is -3.07. The lowest BCUT2D eigenvalue weighted by Gasteiger charge is -2.28. The number of amides is 1. The van der Waals surface area contributed by atoms with Crippen LogP contribution in [-0.2, 0) is 25.9 Å². The summed E-state index contributed by atoms with van der Waals surface area (Å²) in [6, 6.07) is -0.302. The maximum atomic E-state index is 12.6. The number of aromatic nitrogens is 2. The minimum Gasteiger partial charge on any atom is -0.383 e. The first-order valence-corrected chi connectivity index (χ1v) is 9.82. The average molecular weight is 359 g/mol. The number of aromatic amines is 1. The normalized spacial score (nSPS) is 19.5. The molecule has 1 unspecified atom stereocenters. The molecule has 0 spiro atoms. The number of hydrogen-bond acceptors (Lipinski definition) is 5. The van der Waals surface area contributed by atoms with Crippen molar-refractivity contribution in [1.29, 1.82) is 0 Å². The number of ether oxygens (including phenoxy) is 1. The summed E-state index contributed by atoms with van der Waals surface area (Å²) >= 11 is 0. The number of sulfone groups is 1. The summed E-state index contributed by atoms with van der Waals surface area (Å²) in [6.07, 6.45) is 0.609. The molecule has 0 aromatic carbocycles. The first kappa shape index (κ1) is 18.7. The number of H-pyrrole nitrogens is 1. The van der Waals surface area contributed by atoms with E-state index in [4.69, 9.17) is 4.74 Å². The van der Waals surface area contributed by atoms with Gasteiger partial charge in [0.05, 0.1) is 18.1 Å². The lowest BCUT2D eigenvalue weighted by atomic mass is 10.2. The van der Waals surface area contributed by atoms with Crippen molar-refractivity contribution >= 4 is 15.7 Å². The maximum absolute atomic E-state index is 12.6. The van der Waals surface area contributed by atoms with Gasteiger partial charge in [0.2, 0.25) is 5.91 Å². The van der Waals surface area contributed by atoms with Crippen molar-refractivity contribution in [3.8, 4) is 0 Å². The SMILES string of the molecule is COCCN(C(=O)CCn1c(C)c(C)[nH]c1=O)C1CCS(=O)(=O)C1. The van der Waals surface area contributed by atoms with Crippen molar-refractivity contribution < 1.29 is 17.9 Å². The highest BCUT2D eigenvalue weighted by molar-refractivity contribution is 7.91. The second-order valence-electron chi connectivity index (χ2n) is 6.18. The summed E-state index contributed by atoms with van der Waals surface area (Å²) < 4.78 is 30.0. The van der Waals surface area contributed by atoms with E-state index in [0.29, 0.717) is 19.6 Å². The largest absolute Gasteiger partial charge is 0.383 e. The predicted octanol–water partition coefficient (Wildman–Crippen LogP) is -0.155. The van der Waals surface area contributed by atoms with Gasteiger partial charge in [0.25, 0.3) is 0 Å². The van der Waals surface area contributed by atoms with Crippen LogP contribution in [0.1, 0.15) is 24.2 Å². The highest BCUT2D eigenvalue weighted by Crippen LogP contribution is 2.18. The number of carbonyl (C=O) groups is 1. The molecule has 2 rings (SSSR count). The third-order valence-corrected chi connectivity index (χ3v) is 6.29. The smallest absolute Gasteiger partial charge is 0.325 e.